The number of amides is 2. The summed E-state index contributed by atoms with van der Waals surface area (Å²) in [5.74, 6) is -0.879. The van der Waals surface area contributed by atoms with Gasteiger partial charge >= 0.3 is 0 Å². The lowest BCUT2D eigenvalue weighted by Gasteiger charge is -2.19. The molecule has 0 unspecified atom stereocenters. The number of nitrogens with one attached hydrogen (secondary N) is 2. The van der Waals surface area contributed by atoms with E-state index in [2.05, 4.69) is 31.4 Å². The molecule has 164 valence electrons. The zero-order chi connectivity index (χ0) is 23.5. The molecule has 3 aromatic carbocycles. The van der Waals surface area contributed by atoms with Gasteiger partial charge in [-0.25, -0.2) is 0 Å². The first-order chi connectivity index (χ1) is 15.0. The topological polar surface area (TPSA) is 101 Å². The minimum atomic E-state index is -0.600. The number of non-ortho nitro benzene ring substituents is 1. The molecule has 3 rings (SSSR count). The number of benzene rings is 3. The predicted molar refractivity (Wildman–Crippen MR) is 126 cm³/mol. The number of nitro benzene ring substituents is 1. The summed E-state index contributed by atoms with van der Waals surface area (Å²) in [7, 11) is 0. The van der Waals surface area contributed by atoms with Gasteiger partial charge in [0.15, 0.2) is 0 Å². The molecular formula is C24H22ClN3O4. The predicted octanol–water partition coefficient (Wildman–Crippen LogP) is 6.05. The Balaban J connectivity index is 1.73. The summed E-state index contributed by atoms with van der Waals surface area (Å²) in [5.41, 5.74) is 2.25. The number of rotatable bonds is 5. The molecule has 0 aliphatic rings. The molecule has 0 heterocycles. The SMILES string of the molecule is CC(C)(C)c1ccc(C(=O)Nc2cccc(NC(=O)c3cc([N+](=O)[O-])ccc3Cl)c2)cc1. The minimum absolute atomic E-state index is 0.0103. The Morgan fingerprint density at radius 2 is 1.47 bits per heavy atom. The number of carbonyl (C=O) groups excluding carboxylic acids is 2. The van der Waals surface area contributed by atoms with E-state index in [1.165, 1.54) is 12.1 Å². The van der Waals surface area contributed by atoms with Crippen molar-refractivity contribution in [1.82, 2.24) is 0 Å². The molecule has 0 atom stereocenters. The van der Waals surface area contributed by atoms with E-state index in [1.54, 1.807) is 36.4 Å². The molecule has 0 saturated heterocycles. The lowest BCUT2D eigenvalue weighted by Crippen LogP contribution is -2.15. The van der Waals surface area contributed by atoms with Gasteiger partial charge in [0.25, 0.3) is 17.5 Å². The van der Waals surface area contributed by atoms with Gasteiger partial charge in [0.05, 0.1) is 15.5 Å². The summed E-state index contributed by atoms with van der Waals surface area (Å²) < 4.78 is 0. The normalized spacial score (nSPS) is 11.0. The molecule has 32 heavy (non-hydrogen) atoms. The maximum atomic E-state index is 12.6. The van der Waals surface area contributed by atoms with Crippen LogP contribution in [0.15, 0.2) is 66.7 Å². The number of hydrogen-bond donors (Lipinski definition) is 2. The third kappa shape index (κ3) is 5.50. The van der Waals surface area contributed by atoms with E-state index in [4.69, 9.17) is 11.6 Å². The molecule has 0 radical (unpaired) electrons. The first kappa shape index (κ1) is 23.0. The number of hydrogen-bond acceptors (Lipinski definition) is 4. The maximum absolute atomic E-state index is 12.6. The molecule has 0 spiro atoms. The molecule has 0 bridgehead atoms. The van der Waals surface area contributed by atoms with Crippen molar-refractivity contribution in [2.45, 2.75) is 26.2 Å². The van der Waals surface area contributed by atoms with Crippen molar-refractivity contribution in [1.29, 1.82) is 0 Å². The van der Waals surface area contributed by atoms with Crippen molar-refractivity contribution in [3.8, 4) is 0 Å². The fourth-order valence-electron chi connectivity index (χ4n) is 3.00. The van der Waals surface area contributed by atoms with E-state index in [1.807, 2.05) is 12.1 Å². The number of nitrogens with zero attached hydrogens (tertiary/aromatic N) is 1. The van der Waals surface area contributed by atoms with Crippen LogP contribution in [0, 0.1) is 10.1 Å². The van der Waals surface area contributed by atoms with Crippen LogP contribution < -0.4 is 10.6 Å². The van der Waals surface area contributed by atoms with Crippen LogP contribution in [-0.4, -0.2) is 16.7 Å². The van der Waals surface area contributed by atoms with Gasteiger partial charge in [-0.05, 0) is 47.4 Å². The third-order valence-corrected chi connectivity index (χ3v) is 5.13. The smallest absolute Gasteiger partial charge is 0.270 e. The van der Waals surface area contributed by atoms with Crippen molar-refractivity contribution in [3.63, 3.8) is 0 Å². The Hall–Kier alpha value is -3.71. The lowest BCUT2D eigenvalue weighted by atomic mass is 9.87. The Morgan fingerprint density at radius 1 is 0.875 bits per heavy atom. The fraction of sp³-hybridized carbons (Fsp3) is 0.167. The highest BCUT2D eigenvalue weighted by molar-refractivity contribution is 6.34. The molecule has 7 nitrogen and oxygen atoms in total. The largest absolute Gasteiger partial charge is 0.322 e. The van der Waals surface area contributed by atoms with Gasteiger partial charge in [-0.15, -0.1) is 0 Å². The molecule has 0 fully saturated rings. The van der Waals surface area contributed by atoms with Gasteiger partial charge < -0.3 is 10.6 Å². The summed E-state index contributed by atoms with van der Waals surface area (Å²) >= 11 is 6.03. The van der Waals surface area contributed by atoms with Gasteiger partial charge in [-0.3, -0.25) is 19.7 Å². The quantitative estimate of drug-likeness (QED) is 0.364. The van der Waals surface area contributed by atoms with Crippen LogP contribution in [0.3, 0.4) is 0 Å². The second-order valence-corrected chi connectivity index (χ2v) is 8.64. The Bertz CT molecular complexity index is 1180. The number of nitro groups is 1. The van der Waals surface area contributed by atoms with E-state index in [-0.39, 0.29) is 27.6 Å². The van der Waals surface area contributed by atoms with Crippen molar-refractivity contribution in [3.05, 3.63) is 98.6 Å². The minimum Gasteiger partial charge on any atom is -0.322 e. The first-order valence-corrected chi connectivity index (χ1v) is 10.2. The van der Waals surface area contributed by atoms with Gasteiger partial charge in [0.1, 0.15) is 0 Å². The highest BCUT2D eigenvalue weighted by atomic mass is 35.5. The maximum Gasteiger partial charge on any atom is 0.270 e. The zero-order valence-electron chi connectivity index (χ0n) is 17.8. The molecule has 0 aromatic heterocycles. The van der Waals surface area contributed by atoms with Crippen LogP contribution in [0.5, 0.6) is 0 Å². The zero-order valence-corrected chi connectivity index (χ0v) is 18.6. The van der Waals surface area contributed by atoms with Crippen LogP contribution in [0.4, 0.5) is 17.1 Å². The molecule has 0 saturated carbocycles. The summed E-state index contributed by atoms with van der Waals surface area (Å²) in [6.07, 6.45) is 0. The molecular weight excluding hydrogens is 430 g/mol. The average molecular weight is 452 g/mol. The monoisotopic (exact) mass is 451 g/mol. The van der Waals surface area contributed by atoms with Crippen molar-refractivity contribution < 1.29 is 14.5 Å². The summed E-state index contributed by atoms with van der Waals surface area (Å²) in [5, 5.41) is 16.5. The lowest BCUT2D eigenvalue weighted by molar-refractivity contribution is -0.384. The second kappa shape index (κ2) is 9.20. The number of anilines is 2. The standard InChI is InChI=1S/C24H22ClN3O4/c1-24(2,3)16-9-7-15(8-10-16)22(29)26-17-5-4-6-18(13-17)27-23(30)20-14-19(28(31)32)11-12-21(20)25/h4-14H,1-3H3,(H,26,29)(H,27,30). The van der Waals surface area contributed by atoms with E-state index in [0.29, 0.717) is 16.9 Å². The van der Waals surface area contributed by atoms with Crippen LogP contribution in [0.25, 0.3) is 0 Å². The van der Waals surface area contributed by atoms with Gasteiger partial charge in [-0.1, -0.05) is 50.6 Å². The Morgan fingerprint density at radius 3 is 2.03 bits per heavy atom. The summed E-state index contributed by atoms with van der Waals surface area (Å²) in [6, 6.07) is 17.6. The van der Waals surface area contributed by atoms with Crippen LogP contribution >= 0.6 is 11.6 Å². The Labute approximate surface area is 190 Å². The molecule has 2 N–H and O–H groups in total. The van der Waals surface area contributed by atoms with Crippen LogP contribution in [-0.2, 0) is 5.41 Å². The molecule has 3 aromatic rings. The molecule has 0 aliphatic carbocycles. The van der Waals surface area contributed by atoms with Crippen molar-refractivity contribution in [2.75, 3.05) is 10.6 Å². The highest BCUT2D eigenvalue weighted by Crippen LogP contribution is 2.25. The number of carbonyl (C=O) groups is 2. The van der Waals surface area contributed by atoms with Gasteiger partial charge in [-0.2, -0.15) is 0 Å². The van der Waals surface area contributed by atoms with Crippen molar-refractivity contribution >= 4 is 40.5 Å². The second-order valence-electron chi connectivity index (χ2n) is 8.24. The Kier molecular flexibility index (Phi) is 6.60. The average Bonchev–Trinajstić information content (AvgIpc) is 2.73. The highest BCUT2D eigenvalue weighted by Gasteiger charge is 2.17. The van der Waals surface area contributed by atoms with Gasteiger partial charge in [0.2, 0.25) is 0 Å². The van der Waals surface area contributed by atoms with E-state index in [9.17, 15) is 19.7 Å². The van der Waals surface area contributed by atoms with Crippen LogP contribution in [0.1, 0.15) is 47.1 Å². The molecule has 8 heteroatoms. The molecule has 2 amide bonds. The fourth-order valence-corrected chi connectivity index (χ4v) is 3.20. The van der Waals surface area contributed by atoms with E-state index >= 15 is 0 Å². The van der Waals surface area contributed by atoms with Crippen LogP contribution in [0.2, 0.25) is 5.02 Å². The van der Waals surface area contributed by atoms with E-state index in [0.717, 1.165) is 11.6 Å². The van der Waals surface area contributed by atoms with E-state index < -0.39 is 10.8 Å². The first-order valence-electron chi connectivity index (χ1n) is 9.82. The summed E-state index contributed by atoms with van der Waals surface area (Å²) in [6.45, 7) is 6.30. The number of halogens is 1. The van der Waals surface area contributed by atoms with Gasteiger partial charge in [0, 0.05) is 29.1 Å². The summed E-state index contributed by atoms with van der Waals surface area (Å²) in [4.78, 5) is 35.5. The van der Waals surface area contributed by atoms with Crippen molar-refractivity contribution in [2.24, 2.45) is 0 Å². The third-order valence-electron chi connectivity index (χ3n) is 4.80. The molecule has 0 aliphatic heterocycles.